The first-order valence-corrected chi connectivity index (χ1v) is 12.2. The molecule has 2 fully saturated rings. The molecule has 2 aliphatic rings. The zero-order chi connectivity index (χ0) is 23.3. The summed E-state index contributed by atoms with van der Waals surface area (Å²) >= 11 is 1.53. The Balaban J connectivity index is 1.35. The molecule has 0 radical (unpaired) electrons. The van der Waals surface area contributed by atoms with E-state index >= 15 is 0 Å². The summed E-state index contributed by atoms with van der Waals surface area (Å²) in [4.78, 5) is 15.6. The number of thioether (sulfide) groups is 1. The highest BCUT2D eigenvalue weighted by Crippen LogP contribution is 2.40. The zero-order valence-electron chi connectivity index (χ0n) is 18.6. The van der Waals surface area contributed by atoms with Crippen LogP contribution in [0.1, 0.15) is 11.1 Å². The molecule has 2 saturated heterocycles. The fraction of sp³-hybridized carbons (Fsp3) is 0.296. The summed E-state index contributed by atoms with van der Waals surface area (Å²) in [5.41, 5.74) is 1.62. The Morgan fingerprint density at radius 2 is 1.50 bits per heavy atom. The van der Waals surface area contributed by atoms with Crippen molar-refractivity contribution in [3.63, 3.8) is 0 Å². The Morgan fingerprint density at radius 1 is 0.882 bits per heavy atom. The SMILES string of the molecule is O=C1O[C@@H]2C(C(Sc3ccccc3)OC(COCc3ccccc3)[C@H]2O)N1Cc1ccccc1. The summed E-state index contributed by atoms with van der Waals surface area (Å²) in [7, 11) is 0. The van der Waals surface area contributed by atoms with Crippen LogP contribution in [0.15, 0.2) is 95.9 Å². The van der Waals surface area contributed by atoms with Crippen LogP contribution in [0.2, 0.25) is 0 Å². The molecule has 3 unspecified atom stereocenters. The van der Waals surface area contributed by atoms with Crippen molar-refractivity contribution in [3.8, 4) is 0 Å². The Morgan fingerprint density at radius 3 is 2.18 bits per heavy atom. The molecule has 0 saturated carbocycles. The number of rotatable bonds is 8. The van der Waals surface area contributed by atoms with Crippen LogP contribution in [0.3, 0.4) is 0 Å². The number of ether oxygens (including phenoxy) is 3. The van der Waals surface area contributed by atoms with E-state index in [0.717, 1.165) is 16.0 Å². The van der Waals surface area contributed by atoms with Crippen molar-refractivity contribution in [1.82, 2.24) is 4.90 Å². The van der Waals surface area contributed by atoms with E-state index in [-0.39, 0.29) is 6.61 Å². The Hall–Kier alpha value is -2.84. The van der Waals surface area contributed by atoms with E-state index in [4.69, 9.17) is 14.2 Å². The zero-order valence-corrected chi connectivity index (χ0v) is 19.4. The number of hydrogen-bond donors (Lipinski definition) is 1. The molecule has 2 heterocycles. The molecule has 176 valence electrons. The first-order chi connectivity index (χ1) is 16.7. The van der Waals surface area contributed by atoms with Crippen molar-refractivity contribution >= 4 is 17.9 Å². The molecule has 0 aromatic heterocycles. The maximum absolute atomic E-state index is 12.9. The van der Waals surface area contributed by atoms with Gasteiger partial charge in [0, 0.05) is 11.4 Å². The predicted molar refractivity (Wildman–Crippen MR) is 129 cm³/mol. The third kappa shape index (κ3) is 5.13. The molecule has 2 aliphatic heterocycles. The molecular formula is C27H27NO5S. The van der Waals surface area contributed by atoms with Crippen LogP contribution in [0, 0.1) is 0 Å². The highest BCUT2D eigenvalue weighted by Gasteiger charge is 2.56. The molecule has 3 aromatic carbocycles. The second-order valence-corrected chi connectivity index (χ2v) is 9.59. The number of amides is 1. The summed E-state index contributed by atoms with van der Waals surface area (Å²) in [6, 6.07) is 29.1. The minimum Gasteiger partial charge on any atom is -0.441 e. The molecule has 0 spiro atoms. The number of aliphatic hydroxyl groups is 1. The van der Waals surface area contributed by atoms with Crippen molar-refractivity contribution in [2.45, 2.75) is 47.8 Å². The van der Waals surface area contributed by atoms with Crippen molar-refractivity contribution < 1.29 is 24.1 Å². The largest absolute Gasteiger partial charge is 0.441 e. The summed E-state index contributed by atoms with van der Waals surface area (Å²) in [5, 5.41) is 11.1. The van der Waals surface area contributed by atoms with Crippen LogP contribution in [-0.2, 0) is 27.4 Å². The number of carbonyl (C=O) groups is 1. The summed E-state index contributed by atoms with van der Waals surface area (Å²) < 4.78 is 18.0. The van der Waals surface area contributed by atoms with Crippen LogP contribution in [0.4, 0.5) is 4.79 Å². The lowest BCUT2D eigenvalue weighted by atomic mass is 9.97. The molecule has 34 heavy (non-hydrogen) atoms. The van der Waals surface area contributed by atoms with Gasteiger partial charge in [0.15, 0.2) is 6.10 Å². The molecule has 5 rings (SSSR count). The lowest BCUT2D eigenvalue weighted by Crippen LogP contribution is -2.59. The van der Waals surface area contributed by atoms with Crippen molar-refractivity contribution in [2.24, 2.45) is 0 Å². The maximum atomic E-state index is 12.9. The lowest BCUT2D eigenvalue weighted by Gasteiger charge is -2.42. The first kappa shape index (κ1) is 22.9. The number of hydrogen-bond acceptors (Lipinski definition) is 6. The monoisotopic (exact) mass is 477 g/mol. The summed E-state index contributed by atoms with van der Waals surface area (Å²) in [6.45, 7) is 0.997. The second kappa shape index (κ2) is 10.6. The van der Waals surface area contributed by atoms with E-state index in [2.05, 4.69) is 0 Å². The molecule has 1 amide bonds. The van der Waals surface area contributed by atoms with Gasteiger partial charge in [0.05, 0.1) is 13.2 Å². The molecule has 7 heteroatoms. The van der Waals surface area contributed by atoms with Gasteiger partial charge in [-0.05, 0) is 23.3 Å². The fourth-order valence-electron chi connectivity index (χ4n) is 4.36. The number of carbonyl (C=O) groups excluding carboxylic acids is 1. The van der Waals surface area contributed by atoms with Gasteiger partial charge >= 0.3 is 6.09 Å². The molecule has 3 aromatic rings. The van der Waals surface area contributed by atoms with E-state index in [1.807, 2.05) is 91.0 Å². The van der Waals surface area contributed by atoms with Gasteiger partial charge in [-0.25, -0.2) is 4.79 Å². The number of aliphatic hydroxyl groups excluding tert-OH is 1. The molecular weight excluding hydrogens is 450 g/mol. The van der Waals surface area contributed by atoms with E-state index < -0.39 is 35.9 Å². The maximum Gasteiger partial charge on any atom is 0.411 e. The van der Waals surface area contributed by atoms with Crippen LogP contribution < -0.4 is 0 Å². The van der Waals surface area contributed by atoms with Crippen LogP contribution >= 0.6 is 11.8 Å². The highest BCUT2D eigenvalue weighted by atomic mass is 32.2. The first-order valence-electron chi connectivity index (χ1n) is 11.4. The highest BCUT2D eigenvalue weighted by molar-refractivity contribution is 7.99. The van der Waals surface area contributed by atoms with E-state index in [1.165, 1.54) is 11.8 Å². The lowest BCUT2D eigenvalue weighted by molar-refractivity contribution is -0.169. The van der Waals surface area contributed by atoms with Gasteiger partial charge in [-0.3, -0.25) is 4.90 Å². The fourth-order valence-corrected chi connectivity index (χ4v) is 5.58. The molecule has 0 bridgehead atoms. The molecule has 5 atom stereocenters. The van der Waals surface area contributed by atoms with Crippen LogP contribution in [-0.4, -0.2) is 52.5 Å². The Bertz CT molecular complexity index is 1070. The predicted octanol–water partition coefficient (Wildman–Crippen LogP) is 4.47. The number of fused-ring (bicyclic) bond motifs is 1. The van der Waals surface area contributed by atoms with Crippen LogP contribution in [0.5, 0.6) is 0 Å². The van der Waals surface area contributed by atoms with Gasteiger partial charge in [-0.1, -0.05) is 90.6 Å². The van der Waals surface area contributed by atoms with Gasteiger partial charge in [-0.2, -0.15) is 0 Å². The third-order valence-corrected chi connectivity index (χ3v) is 7.22. The van der Waals surface area contributed by atoms with E-state index in [1.54, 1.807) is 4.90 Å². The number of nitrogens with zero attached hydrogens (tertiary/aromatic N) is 1. The van der Waals surface area contributed by atoms with Gasteiger partial charge in [-0.15, -0.1) is 0 Å². The van der Waals surface area contributed by atoms with Gasteiger partial charge < -0.3 is 19.3 Å². The smallest absolute Gasteiger partial charge is 0.411 e. The average Bonchev–Trinajstić information content (AvgIpc) is 3.20. The topological polar surface area (TPSA) is 68.2 Å². The normalized spacial score (nSPS) is 26.2. The Kier molecular flexibility index (Phi) is 7.16. The minimum absolute atomic E-state index is 0.196. The third-order valence-electron chi connectivity index (χ3n) is 6.06. The number of benzene rings is 3. The van der Waals surface area contributed by atoms with Crippen molar-refractivity contribution in [1.29, 1.82) is 0 Å². The van der Waals surface area contributed by atoms with Crippen molar-refractivity contribution in [2.75, 3.05) is 6.61 Å². The quantitative estimate of drug-likeness (QED) is 0.516. The van der Waals surface area contributed by atoms with E-state index in [0.29, 0.717) is 13.2 Å². The van der Waals surface area contributed by atoms with Gasteiger partial charge in [0.2, 0.25) is 0 Å². The van der Waals surface area contributed by atoms with Crippen molar-refractivity contribution in [3.05, 3.63) is 102 Å². The second-order valence-electron chi connectivity index (χ2n) is 8.42. The molecule has 0 aliphatic carbocycles. The van der Waals surface area contributed by atoms with Gasteiger partial charge in [0.1, 0.15) is 23.7 Å². The van der Waals surface area contributed by atoms with Gasteiger partial charge in [0.25, 0.3) is 0 Å². The molecule has 1 N–H and O–H groups in total. The minimum atomic E-state index is -0.988. The van der Waals surface area contributed by atoms with Crippen LogP contribution in [0.25, 0.3) is 0 Å². The summed E-state index contributed by atoms with van der Waals surface area (Å²) in [6.07, 6.45) is -2.74. The Labute approximate surface area is 203 Å². The standard InChI is InChI=1S/C27H27NO5S/c29-24-22(18-31-17-20-12-6-2-7-13-20)32-26(34-21-14-8-3-9-15-21)23-25(24)33-27(30)28(23)16-19-10-4-1-5-11-19/h1-15,22-26,29H,16-18H2/t22?,23?,24-,25-,26?/m1/s1. The summed E-state index contributed by atoms with van der Waals surface area (Å²) in [5.74, 6) is 0. The molecule has 6 nitrogen and oxygen atoms in total. The van der Waals surface area contributed by atoms with E-state index in [9.17, 15) is 9.90 Å². The average molecular weight is 478 g/mol.